The lowest BCUT2D eigenvalue weighted by Crippen LogP contribution is -2.54. The van der Waals surface area contributed by atoms with Crippen molar-refractivity contribution in [2.75, 3.05) is 6.54 Å². The molecule has 0 saturated carbocycles. The number of carbonyl (C=O) groups is 1. The van der Waals surface area contributed by atoms with E-state index in [-0.39, 0.29) is 5.69 Å². The Morgan fingerprint density at radius 1 is 1.45 bits per heavy atom. The number of carboxylic acid groups (broad SMARTS) is 1. The summed E-state index contributed by atoms with van der Waals surface area (Å²) in [4.78, 5) is 24.0. The Morgan fingerprint density at radius 2 is 2.15 bits per heavy atom. The number of hydrogen-bond acceptors (Lipinski definition) is 4. The van der Waals surface area contributed by atoms with Gasteiger partial charge in [0.1, 0.15) is 5.54 Å². The third kappa shape index (κ3) is 2.65. The molecule has 1 saturated heterocycles. The number of piperidine rings is 1. The maximum absolute atomic E-state index is 11.5. The highest BCUT2D eigenvalue weighted by molar-refractivity contribution is 5.78. The van der Waals surface area contributed by atoms with Crippen LogP contribution in [0.25, 0.3) is 0 Å². The van der Waals surface area contributed by atoms with E-state index in [9.17, 15) is 20.0 Å². The minimum Gasteiger partial charge on any atom is -0.480 e. The van der Waals surface area contributed by atoms with Crippen LogP contribution in [-0.4, -0.2) is 33.0 Å². The van der Waals surface area contributed by atoms with Crippen molar-refractivity contribution >= 4 is 11.7 Å². The number of benzene rings is 1. The Bertz CT molecular complexity index is 532. The predicted molar refractivity (Wildman–Crippen MR) is 73.4 cm³/mol. The molecule has 6 nitrogen and oxygen atoms in total. The van der Waals surface area contributed by atoms with Crippen molar-refractivity contribution in [3.05, 3.63) is 39.9 Å². The van der Waals surface area contributed by atoms with Gasteiger partial charge < -0.3 is 5.11 Å². The Balaban J connectivity index is 2.28. The molecule has 1 unspecified atom stereocenters. The van der Waals surface area contributed by atoms with Crippen LogP contribution in [-0.2, 0) is 11.3 Å². The summed E-state index contributed by atoms with van der Waals surface area (Å²) in [5.41, 5.74) is -0.334. The molecule has 1 aromatic rings. The van der Waals surface area contributed by atoms with Crippen LogP contribution in [0, 0.1) is 10.1 Å². The third-order valence-electron chi connectivity index (χ3n) is 4.05. The molecule has 0 radical (unpaired) electrons. The average Bonchev–Trinajstić information content (AvgIpc) is 2.41. The average molecular weight is 278 g/mol. The molecule has 1 atom stereocenters. The van der Waals surface area contributed by atoms with Gasteiger partial charge in [-0.2, -0.15) is 0 Å². The van der Waals surface area contributed by atoms with Gasteiger partial charge in [0.2, 0.25) is 0 Å². The van der Waals surface area contributed by atoms with Crippen LogP contribution in [0.5, 0.6) is 0 Å². The van der Waals surface area contributed by atoms with Crippen LogP contribution in [0.4, 0.5) is 5.69 Å². The molecule has 20 heavy (non-hydrogen) atoms. The van der Waals surface area contributed by atoms with Crippen molar-refractivity contribution < 1.29 is 14.8 Å². The van der Waals surface area contributed by atoms with Crippen molar-refractivity contribution in [3.8, 4) is 0 Å². The molecule has 108 valence electrons. The zero-order chi connectivity index (χ0) is 14.8. The van der Waals surface area contributed by atoms with Gasteiger partial charge in [-0.15, -0.1) is 0 Å². The number of nitro benzene ring substituents is 1. The summed E-state index contributed by atoms with van der Waals surface area (Å²) in [5, 5.41) is 20.5. The van der Waals surface area contributed by atoms with Gasteiger partial charge in [-0.3, -0.25) is 19.8 Å². The first-order valence-electron chi connectivity index (χ1n) is 6.66. The predicted octanol–water partition coefficient (Wildman–Crippen LogP) is 2.42. The van der Waals surface area contributed by atoms with Gasteiger partial charge in [0, 0.05) is 18.2 Å². The first kappa shape index (κ1) is 14.5. The molecule has 1 N–H and O–H groups in total. The van der Waals surface area contributed by atoms with Gasteiger partial charge in [0.05, 0.1) is 4.92 Å². The second kappa shape index (κ2) is 5.58. The fourth-order valence-electron chi connectivity index (χ4n) is 2.70. The molecule has 0 aliphatic carbocycles. The summed E-state index contributed by atoms with van der Waals surface area (Å²) in [5.74, 6) is -0.865. The van der Waals surface area contributed by atoms with E-state index in [2.05, 4.69) is 0 Å². The normalized spacial score (nSPS) is 23.4. The van der Waals surface area contributed by atoms with E-state index >= 15 is 0 Å². The molecule has 1 heterocycles. The van der Waals surface area contributed by atoms with Crippen molar-refractivity contribution in [2.45, 2.75) is 38.3 Å². The zero-order valence-electron chi connectivity index (χ0n) is 11.4. The topological polar surface area (TPSA) is 83.7 Å². The lowest BCUT2D eigenvalue weighted by molar-refractivity contribution is -0.385. The van der Waals surface area contributed by atoms with Gasteiger partial charge in [-0.05, 0) is 32.7 Å². The molecule has 0 spiro atoms. The highest BCUT2D eigenvalue weighted by Crippen LogP contribution is 2.31. The number of nitrogens with zero attached hydrogens (tertiary/aromatic N) is 2. The maximum atomic E-state index is 11.5. The largest absolute Gasteiger partial charge is 0.480 e. The Kier molecular flexibility index (Phi) is 4.04. The first-order chi connectivity index (χ1) is 9.45. The maximum Gasteiger partial charge on any atom is 0.323 e. The van der Waals surface area contributed by atoms with Crippen molar-refractivity contribution in [1.82, 2.24) is 4.90 Å². The Labute approximate surface area is 117 Å². The number of aliphatic carboxylic acids is 1. The lowest BCUT2D eigenvalue weighted by Gasteiger charge is -2.41. The first-order valence-corrected chi connectivity index (χ1v) is 6.66. The molecule has 1 fully saturated rings. The van der Waals surface area contributed by atoms with Crippen LogP contribution in [0.1, 0.15) is 31.7 Å². The number of rotatable bonds is 4. The van der Waals surface area contributed by atoms with Gasteiger partial charge in [-0.25, -0.2) is 0 Å². The van der Waals surface area contributed by atoms with E-state index in [0.29, 0.717) is 25.1 Å². The van der Waals surface area contributed by atoms with Gasteiger partial charge >= 0.3 is 5.97 Å². The second-order valence-electron chi connectivity index (χ2n) is 5.34. The highest BCUT2D eigenvalue weighted by atomic mass is 16.6. The standard InChI is InChI=1S/C14H18N2O4/c1-14(13(17)18)8-4-5-9-15(14)10-11-6-2-3-7-12(11)16(19)20/h2-3,6-7H,4-5,8-10H2,1H3,(H,17,18). The molecule has 6 heteroatoms. The monoisotopic (exact) mass is 278 g/mol. The van der Waals surface area contributed by atoms with E-state index in [0.717, 1.165) is 12.8 Å². The number of carboxylic acids is 1. The van der Waals surface area contributed by atoms with E-state index in [1.54, 1.807) is 25.1 Å². The van der Waals surface area contributed by atoms with Crippen LogP contribution in [0.2, 0.25) is 0 Å². The summed E-state index contributed by atoms with van der Waals surface area (Å²) in [6, 6.07) is 6.50. The number of para-hydroxylation sites is 1. The lowest BCUT2D eigenvalue weighted by atomic mass is 9.88. The molecule has 1 aromatic carbocycles. The Morgan fingerprint density at radius 3 is 2.80 bits per heavy atom. The summed E-state index contributed by atoms with van der Waals surface area (Å²) >= 11 is 0. The van der Waals surface area contributed by atoms with Crippen LogP contribution in [0.3, 0.4) is 0 Å². The molecular formula is C14H18N2O4. The van der Waals surface area contributed by atoms with Crippen molar-refractivity contribution in [3.63, 3.8) is 0 Å². The van der Waals surface area contributed by atoms with E-state index in [4.69, 9.17) is 0 Å². The molecule has 0 aromatic heterocycles. The SMILES string of the molecule is CC1(C(=O)O)CCCCN1Cc1ccccc1[N+](=O)[O-]. The number of nitro groups is 1. The van der Waals surface area contributed by atoms with E-state index in [1.807, 2.05) is 4.90 Å². The third-order valence-corrected chi connectivity index (χ3v) is 4.05. The van der Waals surface area contributed by atoms with Crippen LogP contribution < -0.4 is 0 Å². The van der Waals surface area contributed by atoms with E-state index in [1.165, 1.54) is 6.07 Å². The van der Waals surface area contributed by atoms with Gasteiger partial charge in [0.15, 0.2) is 0 Å². The molecule has 1 aliphatic heterocycles. The molecule has 0 bridgehead atoms. The van der Waals surface area contributed by atoms with Gasteiger partial charge in [-0.1, -0.05) is 18.2 Å². The zero-order valence-corrected chi connectivity index (χ0v) is 11.4. The molecular weight excluding hydrogens is 260 g/mol. The van der Waals surface area contributed by atoms with Gasteiger partial charge in [0.25, 0.3) is 5.69 Å². The highest BCUT2D eigenvalue weighted by Gasteiger charge is 2.41. The Hall–Kier alpha value is -1.95. The summed E-state index contributed by atoms with van der Waals surface area (Å²) in [6.45, 7) is 2.64. The molecule has 1 aliphatic rings. The smallest absolute Gasteiger partial charge is 0.323 e. The fraction of sp³-hybridized carbons (Fsp3) is 0.500. The number of likely N-dealkylation sites (tertiary alicyclic amines) is 1. The fourth-order valence-corrected chi connectivity index (χ4v) is 2.70. The minimum atomic E-state index is -0.942. The van der Waals surface area contributed by atoms with Crippen LogP contribution in [0.15, 0.2) is 24.3 Å². The summed E-state index contributed by atoms with van der Waals surface area (Å²) in [7, 11) is 0. The minimum absolute atomic E-state index is 0.0470. The number of hydrogen-bond donors (Lipinski definition) is 1. The van der Waals surface area contributed by atoms with Crippen molar-refractivity contribution in [1.29, 1.82) is 0 Å². The second-order valence-corrected chi connectivity index (χ2v) is 5.34. The molecule has 0 amide bonds. The molecule has 2 rings (SSSR count). The summed E-state index contributed by atoms with van der Waals surface area (Å²) in [6.07, 6.45) is 2.36. The quantitative estimate of drug-likeness (QED) is 0.675. The van der Waals surface area contributed by atoms with Crippen molar-refractivity contribution in [2.24, 2.45) is 0 Å². The van der Waals surface area contributed by atoms with E-state index < -0.39 is 16.4 Å². The van der Waals surface area contributed by atoms with Crippen LogP contribution >= 0.6 is 0 Å². The summed E-state index contributed by atoms with van der Waals surface area (Å²) < 4.78 is 0.